The van der Waals surface area contributed by atoms with Gasteiger partial charge in [0.05, 0.1) is 0 Å². The lowest BCUT2D eigenvalue weighted by atomic mass is 9.84. The SMILES string of the molecule is CC(C)NC(=O)Nc1ccc(C(=O)NC(CN)C2CCCCC2)cc1. The van der Waals surface area contributed by atoms with E-state index >= 15 is 0 Å². The summed E-state index contributed by atoms with van der Waals surface area (Å²) in [5.74, 6) is 0.363. The van der Waals surface area contributed by atoms with Crippen LogP contribution in [0.2, 0.25) is 0 Å². The summed E-state index contributed by atoms with van der Waals surface area (Å²) >= 11 is 0. The Labute approximate surface area is 149 Å². The minimum absolute atomic E-state index is 0.0300. The van der Waals surface area contributed by atoms with Crippen LogP contribution in [0.5, 0.6) is 0 Å². The van der Waals surface area contributed by atoms with E-state index in [-0.39, 0.29) is 24.0 Å². The van der Waals surface area contributed by atoms with Crippen LogP contribution >= 0.6 is 0 Å². The van der Waals surface area contributed by atoms with Gasteiger partial charge in [-0.15, -0.1) is 0 Å². The summed E-state index contributed by atoms with van der Waals surface area (Å²) in [6.45, 7) is 4.26. The molecule has 6 heteroatoms. The molecule has 1 aromatic rings. The fourth-order valence-corrected chi connectivity index (χ4v) is 3.29. The third-order valence-corrected chi connectivity index (χ3v) is 4.61. The van der Waals surface area contributed by atoms with E-state index in [9.17, 15) is 9.59 Å². The number of benzene rings is 1. The molecule has 25 heavy (non-hydrogen) atoms. The molecule has 5 N–H and O–H groups in total. The van der Waals surface area contributed by atoms with Gasteiger partial charge in [0.25, 0.3) is 5.91 Å². The first-order valence-corrected chi connectivity index (χ1v) is 9.18. The highest BCUT2D eigenvalue weighted by Gasteiger charge is 2.24. The van der Waals surface area contributed by atoms with Gasteiger partial charge in [0, 0.05) is 29.9 Å². The molecule has 6 nitrogen and oxygen atoms in total. The maximum atomic E-state index is 12.5. The molecule has 0 heterocycles. The molecule has 2 rings (SSSR count). The Balaban J connectivity index is 1.91. The van der Waals surface area contributed by atoms with Crippen molar-refractivity contribution in [3.63, 3.8) is 0 Å². The maximum absolute atomic E-state index is 12.5. The van der Waals surface area contributed by atoms with Crippen LogP contribution in [-0.2, 0) is 0 Å². The standard InChI is InChI=1S/C19H30N4O2/c1-13(2)21-19(25)22-16-10-8-15(9-11-16)18(24)23-17(12-20)14-6-4-3-5-7-14/h8-11,13-14,17H,3-7,12,20H2,1-2H3,(H,23,24)(H2,21,22,25). The van der Waals surface area contributed by atoms with E-state index in [4.69, 9.17) is 5.73 Å². The summed E-state index contributed by atoms with van der Waals surface area (Å²) in [5.41, 5.74) is 7.10. The van der Waals surface area contributed by atoms with E-state index in [1.54, 1.807) is 24.3 Å². The number of nitrogens with one attached hydrogen (secondary N) is 3. The number of hydrogen-bond donors (Lipinski definition) is 4. The van der Waals surface area contributed by atoms with Crippen molar-refractivity contribution in [3.05, 3.63) is 29.8 Å². The monoisotopic (exact) mass is 346 g/mol. The van der Waals surface area contributed by atoms with Crippen LogP contribution in [-0.4, -0.2) is 30.6 Å². The van der Waals surface area contributed by atoms with Gasteiger partial charge in [-0.05, 0) is 56.9 Å². The molecule has 1 atom stereocenters. The Morgan fingerprint density at radius 1 is 1.08 bits per heavy atom. The summed E-state index contributed by atoms with van der Waals surface area (Å²) in [6.07, 6.45) is 5.98. The zero-order valence-corrected chi connectivity index (χ0v) is 15.2. The first kappa shape index (κ1) is 19.2. The van der Waals surface area contributed by atoms with Crippen molar-refractivity contribution >= 4 is 17.6 Å². The highest BCUT2D eigenvalue weighted by Crippen LogP contribution is 2.26. The summed E-state index contributed by atoms with van der Waals surface area (Å²) < 4.78 is 0. The van der Waals surface area contributed by atoms with E-state index in [1.807, 2.05) is 13.8 Å². The first-order chi connectivity index (χ1) is 12.0. The summed E-state index contributed by atoms with van der Waals surface area (Å²) in [7, 11) is 0. The molecule has 1 aromatic carbocycles. The van der Waals surface area contributed by atoms with Gasteiger partial charge in [-0.3, -0.25) is 4.79 Å². The summed E-state index contributed by atoms with van der Waals surface area (Å²) in [4.78, 5) is 24.2. The molecule has 1 saturated carbocycles. The van der Waals surface area contributed by atoms with Gasteiger partial charge in [-0.25, -0.2) is 4.79 Å². The number of urea groups is 1. The second-order valence-electron chi connectivity index (χ2n) is 7.04. The number of carbonyl (C=O) groups excluding carboxylic acids is 2. The van der Waals surface area contributed by atoms with Crippen LogP contribution in [0.25, 0.3) is 0 Å². The molecule has 1 aliphatic carbocycles. The van der Waals surface area contributed by atoms with Crippen LogP contribution in [0.1, 0.15) is 56.3 Å². The normalized spacial score (nSPS) is 16.3. The van der Waals surface area contributed by atoms with Gasteiger partial charge < -0.3 is 21.7 Å². The molecule has 138 valence electrons. The average molecular weight is 346 g/mol. The Morgan fingerprint density at radius 3 is 2.28 bits per heavy atom. The molecular weight excluding hydrogens is 316 g/mol. The van der Waals surface area contributed by atoms with Crippen LogP contribution < -0.4 is 21.7 Å². The lowest BCUT2D eigenvalue weighted by Crippen LogP contribution is -2.45. The molecule has 1 fully saturated rings. The van der Waals surface area contributed by atoms with Crippen molar-refractivity contribution in [1.82, 2.24) is 10.6 Å². The predicted octanol–water partition coefficient (Wildman–Crippen LogP) is 2.85. The summed E-state index contributed by atoms with van der Waals surface area (Å²) in [6, 6.07) is 6.73. The first-order valence-electron chi connectivity index (χ1n) is 9.18. The number of nitrogens with two attached hydrogens (primary N) is 1. The van der Waals surface area contributed by atoms with Crippen LogP contribution in [0.3, 0.4) is 0 Å². The zero-order chi connectivity index (χ0) is 18.2. The molecule has 0 aliphatic heterocycles. The van der Waals surface area contributed by atoms with Crippen molar-refractivity contribution in [2.45, 2.75) is 58.0 Å². The maximum Gasteiger partial charge on any atom is 0.319 e. The van der Waals surface area contributed by atoms with Crippen molar-refractivity contribution in [2.24, 2.45) is 11.7 Å². The Hall–Kier alpha value is -2.08. The lowest BCUT2D eigenvalue weighted by Gasteiger charge is -2.30. The fraction of sp³-hybridized carbons (Fsp3) is 0.579. The van der Waals surface area contributed by atoms with Gasteiger partial charge in [-0.1, -0.05) is 19.3 Å². The van der Waals surface area contributed by atoms with Crippen molar-refractivity contribution in [3.8, 4) is 0 Å². The Morgan fingerprint density at radius 2 is 1.72 bits per heavy atom. The summed E-state index contributed by atoms with van der Waals surface area (Å²) in [5, 5.41) is 8.57. The fourth-order valence-electron chi connectivity index (χ4n) is 3.29. The Kier molecular flexibility index (Phi) is 7.25. The molecule has 0 radical (unpaired) electrons. The van der Waals surface area contributed by atoms with Crippen molar-refractivity contribution in [2.75, 3.05) is 11.9 Å². The molecule has 0 spiro atoms. The quantitative estimate of drug-likeness (QED) is 0.638. The van der Waals surface area contributed by atoms with Gasteiger partial charge in [0.2, 0.25) is 0 Å². The number of carbonyl (C=O) groups is 2. The molecule has 0 saturated heterocycles. The van der Waals surface area contributed by atoms with E-state index in [0.717, 1.165) is 12.8 Å². The highest BCUT2D eigenvalue weighted by atomic mass is 16.2. The largest absolute Gasteiger partial charge is 0.348 e. The number of rotatable bonds is 6. The van der Waals surface area contributed by atoms with Crippen LogP contribution in [0.15, 0.2) is 24.3 Å². The number of hydrogen-bond acceptors (Lipinski definition) is 3. The molecule has 3 amide bonds. The predicted molar refractivity (Wildman–Crippen MR) is 101 cm³/mol. The molecule has 0 aromatic heterocycles. The topological polar surface area (TPSA) is 96.2 Å². The van der Waals surface area contributed by atoms with Crippen molar-refractivity contribution < 1.29 is 9.59 Å². The smallest absolute Gasteiger partial charge is 0.319 e. The average Bonchev–Trinajstić information content (AvgIpc) is 2.60. The second-order valence-corrected chi connectivity index (χ2v) is 7.04. The minimum atomic E-state index is -0.257. The van der Waals surface area contributed by atoms with Gasteiger partial charge in [0.15, 0.2) is 0 Å². The molecule has 0 bridgehead atoms. The van der Waals surface area contributed by atoms with Gasteiger partial charge in [-0.2, -0.15) is 0 Å². The van der Waals surface area contributed by atoms with E-state index in [0.29, 0.717) is 23.7 Å². The van der Waals surface area contributed by atoms with E-state index < -0.39 is 0 Å². The highest BCUT2D eigenvalue weighted by molar-refractivity contribution is 5.95. The third-order valence-electron chi connectivity index (χ3n) is 4.61. The van der Waals surface area contributed by atoms with Gasteiger partial charge in [0.1, 0.15) is 0 Å². The van der Waals surface area contributed by atoms with Crippen LogP contribution in [0, 0.1) is 5.92 Å². The van der Waals surface area contributed by atoms with Crippen molar-refractivity contribution in [1.29, 1.82) is 0 Å². The lowest BCUT2D eigenvalue weighted by molar-refractivity contribution is 0.0915. The molecular formula is C19H30N4O2. The minimum Gasteiger partial charge on any atom is -0.348 e. The number of anilines is 1. The number of amides is 3. The zero-order valence-electron chi connectivity index (χ0n) is 15.2. The molecule has 1 unspecified atom stereocenters. The van der Waals surface area contributed by atoms with Crippen LogP contribution in [0.4, 0.5) is 10.5 Å². The van der Waals surface area contributed by atoms with E-state index in [2.05, 4.69) is 16.0 Å². The van der Waals surface area contributed by atoms with Gasteiger partial charge >= 0.3 is 6.03 Å². The second kappa shape index (κ2) is 9.42. The van der Waals surface area contributed by atoms with E-state index in [1.165, 1.54) is 19.3 Å². The Bertz CT molecular complexity index is 565. The molecule has 1 aliphatic rings. The third kappa shape index (κ3) is 6.05.